The largest absolute Gasteiger partial charge is 0.355 e. The first kappa shape index (κ1) is 21.7. The Balaban J connectivity index is 0.00000228. The third kappa shape index (κ3) is 4.03. The van der Waals surface area contributed by atoms with E-state index < -0.39 is 10.1 Å². The molecule has 2 aliphatic heterocycles. The van der Waals surface area contributed by atoms with Crippen molar-refractivity contribution in [3.63, 3.8) is 0 Å². The van der Waals surface area contributed by atoms with Gasteiger partial charge >= 0.3 is 0 Å². The number of aromatic nitrogens is 4. The minimum absolute atomic E-state index is 0. The zero-order valence-corrected chi connectivity index (χ0v) is 19.8. The minimum Gasteiger partial charge on any atom is -0.355 e. The summed E-state index contributed by atoms with van der Waals surface area (Å²) < 4.78 is 33.9. The molecule has 7 nitrogen and oxygen atoms in total. The molecule has 3 aromatic heterocycles. The van der Waals surface area contributed by atoms with E-state index in [2.05, 4.69) is 15.0 Å². The van der Waals surface area contributed by atoms with Crippen molar-refractivity contribution in [2.24, 2.45) is 0 Å². The van der Waals surface area contributed by atoms with Crippen LogP contribution in [-0.4, -0.2) is 32.9 Å². The predicted octanol–water partition coefficient (Wildman–Crippen LogP) is 5.06. The predicted molar refractivity (Wildman–Crippen MR) is 124 cm³/mol. The van der Waals surface area contributed by atoms with E-state index in [-0.39, 0.29) is 36.3 Å². The third-order valence-electron chi connectivity index (χ3n) is 5.42. The quantitative estimate of drug-likeness (QED) is 0.282. The topological polar surface area (TPSA) is 112 Å². The normalized spacial score (nSPS) is 12.3. The number of benzene rings is 1. The molecule has 1 radical (unpaired) electrons. The number of H-pyrrole nitrogens is 2. The van der Waals surface area contributed by atoms with Gasteiger partial charge in [0.2, 0.25) is 0 Å². The molecule has 0 fully saturated rings. The Labute approximate surface area is 207 Å². The van der Waals surface area contributed by atoms with E-state index >= 15 is 0 Å². The first-order valence-corrected chi connectivity index (χ1v) is 11.3. The molecule has 5 heterocycles. The summed E-state index contributed by atoms with van der Waals surface area (Å²) in [6, 6.07) is 20.2. The van der Waals surface area contributed by atoms with Crippen molar-refractivity contribution >= 4 is 44.3 Å². The van der Waals surface area contributed by atoms with E-state index in [1.807, 2.05) is 60.7 Å². The van der Waals surface area contributed by atoms with Gasteiger partial charge in [-0.25, -0.2) is 9.97 Å². The van der Waals surface area contributed by atoms with Crippen LogP contribution in [0.4, 0.5) is 0 Å². The second-order valence-electron chi connectivity index (χ2n) is 7.65. The third-order valence-corrected chi connectivity index (χ3v) is 6.32. The van der Waals surface area contributed by atoms with Crippen molar-refractivity contribution in [3.8, 4) is 22.5 Å². The van der Waals surface area contributed by atoms with E-state index in [4.69, 9.17) is 4.98 Å². The Bertz CT molecular complexity index is 1720. The number of nitrogens with zero attached hydrogens (tertiary/aromatic N) is 2. The van der Waals surface area contributed by atoms with Gasteiger partial charge in [0.1, 0.15) is 4.90 Å². The van der Waals surface area contributed by atoms with Crippen LogP contribution in [0.1, 0.15) is 11.4 Å². The molecule has 4 aromatic rings. The van der Waals surface area contributed by atoms with Crippen molar-refractivity contribution in [3.05, 3.63) is 78.1 Å². The van der Waals surface area contributed by atoms with E-state index in [0.717, 1.165) is 39.2 Å². The van der Waals surface area contributed by atoms with Crippen molar-refractivity contribution < 1.29 is 38.8 Å². The van der Waals surface area contributed by atoms with Crippen LogP contribution >= 0.6 is 0 Å². The fraction of sp³-hybridized carbons (Fsp3) is 0. The molecule has 0 unspecified atom stereocenters. The van der Waals surface area contributed by atoms with Crippen LogP contribution in [0.15, 0.2) is 71.6 Å². The SMILES string of the molecule is O=S(=O)(O)c1cc2cc3ccc(cc4nc(cc5nc(cc1[nH]2)-c1ccccc1-5)C=C4)[nH]3.[Sc]. The molecule has 0 amide bonds. The standard InChI is InChI=1S/C24H16N4O3S.Sc/c29-32(30,31)24-12-18-10-16-6-5-14(25-16)9-15-7-8-17(26-15)11-21-19-3-1-2-4-20(19)22(28-21)13-23(24)27-18;/h1-13,25,27H,(H,29,30,31);. The maximum Gasteiger partial charge on any atom is 0.296 e. The second-order valence-corrected chi connectivity index (χ2v) is 9.04. The molecule has 0 saturated heterocycles. The number of hydrogen-bond acceptors (Lipinski definition) is 4. The summed E-state index contributed by atoms with van der Waals surface area (Å²) in [7, 11) is -4.44. The smallest absolute Gasteiger partial charge is 0.296 e. The summed E-state index contributed by atoms with van der Waals surface area (Å²) >= 11 is 0. The Morgan fingerprint density at radius 2 is 1.33 bits per heavy atom. The Hall–Kier alpha value is -3.14. The molecular weight excluding hydrogens is 469 g/mol. The zero-order chi connectivity index (χ0) is 21.9. The molecule has 33 heavy (non-hydrogen) atoms. The number of hydrogen-bond donors (Lipinski definition) is 3. The van der Waals surface area contributed by atoms with E-state index in [1.165, 1.54) is 6.07 Å². The van der Waals surface area contributed by atoms with Gasteiger partial charge in [-0.3, -0.25) is 4.55 Å². The van der Waals surface area contributed by atoms with Crippen molar-refractivity contribution in [1.29, 1.82) is 0 Å². The van der Waals surface area contributed by atoms with Gasteiger partial charge in [0, 0.05) is 53.5 Å². The van der Waals surface area contributed by atoms with Gasteiger partial charge in [-0.15, -0.1) is 0 Å². The molecule has 9 heteroatoms. The molecule has 8 bridgehead atoms. The number of aromatic amines is 2. The maximum atomic E-state index is 12.1. The Kier molecular flexibility index (Phi) is 5.27. The monoisotopic (exact) mass is 485 g/mol. The second kappa shape index (κ2) is 8.02. The average molecular weight is 485 g/mol. The molecular formula is C24H16N4O3SSc. The fourth-order valence-electron chi connectivity index (χ4n) is 4.03. The van der Waals surface area contributed by atoms with E-state index in [0.29, 0.717) is 11.2 Å². The minimum atomic E-state index is -4.44. The molecule has 3 N–H and O–H groups in total. The molecule has 0 spiro atoms. The molecule has 0 saturated carbocycles. The molecule has 0 atom stereocenters. The number of rotatable bonds is 1. The summed E-state index contributed by atoms with van der Waals surface area (Å²) in [5.74, 6) is 0. The van der Waals surface area contributed by atoms with Crippen LogP contribution in [0.5, 0.6) is 0 Å². The first-order chi connectivity index (χ1) is 15.4. The van der Waals surface area contributed by atoms with E-state index in [1.54, 1.807) is 12.1 Å². The summed E-state index contributed by atoms with van der Waals surface area (Å²) in [5, 5.41) is 0. The van der Waals surface area contributed by atoms with Crippen LogP contribution in [0, 0.1) is 0 Å². The van der Waals surface area contributed by atoms with Gasteiger partial charge in [0.15, 0.2) is 0 Å². The molecule has 6 rings (SSSR count). The fourth-order valence-corrected chi connectivity index (χ4v) is 4.69. The number of fused-ring (bicyclic) bond motifs is 11. The van der Waals surface area contributed by atoms with Crippen LogP contribution in [0.2, 0.25) is 0 Å². The summed E-state index contributed by atoms with van der Waals surface area (Å²) in [6.07, 6.45) is 3.88. The van der Waals surface area contributed by atoms with Crippen LogP contribution in [0.25, 0.3) is 56.7 Å². The van der Waals surface area contributed by atoms with Crippen LogP contribution in [0.3, 0.4) is 0 Å². The van der Waals surface area contributed by atoms with Gasteiger partial charge < -0.3 is 9.97 Å². The van der Waals surface area contributed by atoms with Gasteiger partial charge in [-0.05, 0) is 54.6 Å². The van der Waals surface area contributed by atoms with Crippen LogP contribution < -0.4 is 0 Å². The van der Waals surface area contributed by atoms with Crippen molar-refractivity contribution in [2.45, 2.75) is 4.90 Å². The molecule has 159 valence electrons. The summed E-state index contributed by atoms with van der Waals surface area (Å²) in [6.45, 7) is 0. The molecule has 0 aliphatic carbocycles. The summed E-state index contributed by atoms with van der Waals surface area (Å²) in [5.41, 5.74) is 7.14. The van der Waals surface area contributed by atoms with Crippen molar-refractivity contribution in [1.82, 2.24) is 19.9 Å². The molecule has 2 aliphatic rings. The van der Waals surface area contributed by atoms with Gasteiger partial charge in [0.05, 0.1) is 28.3 Å². The Morgan fingerprint density at radius 3 is 2.03 bits per heavy atom. The average Bonchev–Trinajstić information content (AvgIpc) is 3.52. The van der Waals surface area contributed by atoms with Gasteiger partial charge in [0.25, 0.3) is 10.1 Å². The summed E-state index contributed by atoms with van der Waals surface area (Å²) in [4.78, 5) is 15.6. The van der Waals surface area contributed by atoms with Crippen molar-refractivity contribution in [2.75, 3.05) is 0 Å². The Morgan fingerprint density at radius 1 is 0.697 bits per heavy atom. The van der Waals surface area contributed by atoms with Gasteiger partial charge in [-0.1, -0.05) is 24.3 Å². The number of nitrogens with one attached hydrogen (secondary N) is 2. The van der Waals surface area contributed by atoms with Gasteiger partial charge in [-0.2, -0.15) is 8.42 Å². The zero-order valence-electron chi connectivity index (χ0n) is 17.1. The maximum absolute atomic E-state index is 12.1. The van der Waals surface area contributed by atoms with E-state index in [9.17, 15) is 13.0 Å². The van der Waals surface area contributed by atoms with Crippen LogP contribution in [-0.2, 0) is 36.0 Å². The first-order valence-electron chi connectivity index (χ1n) is 9.90. The molecule has 1 aromatic carbocycles.